The number of aromatic nitrogens is 1. The second-order valence-corrected chi connectivity index (χ2v) is 9.80. The van der Waals surface area contributed by atoms with Crippen LogP contribution in [0.4, 0.5) is 0 Å². The van der Waals surface area contributed by atoms with Crippen molar-refractivity contribution < 1.29 is 22.4 Å². The average Bonchev–Trinajstić information content (AvgIpc) is 3.08. The molecule has 1 aromatic heterocycles. The second-order valence-electron chi connectivity index (χ2n) is 7.30. The topological polar surface area (TPSA) is 86.5 Å². The van der Waals surface area contributed by atoms with Crippen molar-refractivity contribution in [2.45, 2.75) is 31.9 Å². The molecule has 1 heterocycles. The Hall–Kier alpha value is -2.64. The highest BCUT2D eigenvalue weighted by molar-refractivity contribution is 7.91. The number of halogens is 1. The minimum atomic E-state index is -3.65. The summed E-state index contributed by atoms with van der Waals surface area (Å²) in [5.74, 6) is 0.318. The fraction of sp³-hybridized carbons (Fsp3) is 0.304. The fourth-order valence-electron chi connectivity index (χ4n) is 3.14. The molecular formula is C23H24ClNO5S. The summed E-state index contributed by atoms with van der Waals surface area (Å²) in [7, 11) is -2.07. The van der Waals surface area contributed by atoms with Crippen LogP contribution in [0.1, 0.15) is 29.9 Å². The number of aryl methyl sites for hydroxylation is 2. The molecule has 0 aliphatic rings. The van der Waals surface area contributed by atoms with E-state index in [2.05, 4.69) is 4.98 Å². The molecule has 0 N–H and O–H groups in total. The van der Waals surface area contributed by atoms with Gasteiger partial charge in [-0.3, -0.25) is 4.79 Å². The van der Waals surface area contributed by atoms with Crippen LogP contribution in [0.3, 0.4) is 0 Å². The Morgan fingerprint density at radius 1 is 1.10 bits per heavy atom. The highest BCUT2D eigenvalue weighted by Gasteiger charge is 2.22. The fourth-order valence-corrected chi connectivity index (χ4v) is 4.68. The van der Waals surface area contributed by atoms with Gasteiger partial charge >= 0.3 is 0 Å². The minimum Gasteiger partial charge on any atom is -0.497 e. The van der Waals surface area contributed by atoms with Crippen LogP contribution in [0.5, 0.6) is 5.75 Å². The van der Waals surface area contributed by atoms with Crippen molar-refractivity contribution in [1.29, 1.82) is 0 Å². The van der Waals surface area contributed by atoms with Gasteiger partial charge in [0.15, 0.2) is 9.84 Å². The molecule has 0 radical (unpaired) electrons. The van der Waals surface area contributed by atoms with E-state index >= 15 is 0 Å². The van der Waals surface area contributed by atoms with E-state index < -0.39 is 15.6 Å². The zero-order valence-corrected chi connectivity index (χ0v) is 19.0. The predicted octanol–water partition coefficient (Wildman–Crippen LogP) is 4.82. The lowest BCUT2D eigenvalue weighted by Crippen LogP contribution is -2.18. The van der Waals surface area contributed by atoms with E-state index in [1.165, 1.54) is 0 Å². The van der Waals surface area contributed by atoms with Gasteiger partial charge in [-0.1, -0.05) is 23.7 Å². The molecule has 3 aromatic rings. The molecule has 8 heteroatoms. The number of carbonyl (C=O) groups is 1. The van der Waals surface area contributed by atoms with E-state index in [0.29, 0.717) is 46.5 Å². The van der Waals surface area contributed by atoms with Gasteiger partial charge in [-0.05, 0) is 61.7 Å². The van der Waals surface area contributed by atoms with Gasteiger partial charge in [-0.2, -0.15) is 0 Å². The van der Waals surface area contributed by atoms with Gasteiger partial charge in [0.25, 0.3) is 0 Å². The van der Waals surface area contributed by atoms with Crippen molar-refractivity contribution >= 4 is 27.2 Å². The minimum absolute atomic E-state index is 0.205. The molecule has 0 unspecified atom stereocenters. The Bertz CT molecular complexity index is 1140. The zero-order chi connectivity index (χ0) is 22.4. The van der Waals surface area contributed by atoms with Crippen molar-refractivity contribution in [3.05, 3.63) is 70.6 Å². The average molecular weight is 462 g/mol. The first-order valence-electron chi connectivity index (χ1n) is 9.83. The highest BCUT2D eigenvalue weighted by Crippen LogP contribution is 2.25. The number of benzene rings is 2. The number of Topliss-reactive ketones (excluding diaryl/α,β-unsaturated/α-hetero) is 1. The van der Waals surface area contributed by atoms with Crippen LogP contribution in [0, 0.1) is 6.92 Å². The van der Waals surface area contributed by atoms with E-state index in [1.54, 1.807) is 50.4 Å². The van der Waals surface area contributed by atoms with Crippen LogP contribution in [-0.2, 0) is 26.8 Å². The molecule has 0 spiro atoms. The van der Waals surface area contributed by atoms with Crippen LogP contribution in [-0.4, -0.2) is 32.0 Å². The van der Waals surface area contributed by atoms with Gasteiger partial charge in [0.1, 0.15) is 23.0 Å². The molecule has 0 fully saturated rings. The maximum Gasteiger partial charge on any atom is 0.226 e. The molecule has 164 valence electrons. The van der Waals surface area contributed by atoms with Crippen LogP contribution in [0.2, 0.25) is 5.02 Å². The Morgan fingerprint density at radius 2 is 1.77 bits per heavy atom. The number of oxazole rings is 1. The number of methoxy groups -OCH3 is 1. The van der Waals surface area contributed by atoms with Crippen LogP contribution in [0.25, 0.3) is 11.5 Å². The number of ketones is 1. The van der Waals surface area contributed by atoms with E-state index in [-0.39, 0.29) is 18.0 Å². The van der Waals surface area contributed by atoms with Crippen molar-refractivity contribution in [1.82, 2.24) is 4.98 Å². The predicted molar refractivity (Wildman–Crippen MR) is 120 cm³/mol. The molecule has 0 bridgehead atoms. The first-order valence-corrected chi connectivity index (χ1v) is 12.0. The Labute approximate surface area is 187 Å². The van der Waals surface area contributed by atoms with Gasteiger partial charge in [0.2, 0.25) is 5.89 Å². The Kier molecular flexibility index (Phi) is 7.51. The molecule has 0 saturated carbocycles. The standard InChI is InChI=1S/C23H24ClNO5S/c1-16-22(25-23(30-16)18-8-12-21(29-2)13-9-18)15-31(27,28)14-20(26)5-3-4-17-6-10-19(24)11-7-17/h6-13H,3-5,14-15H2,1-2H3. The summed E-state index contributed by atoms with van der Waals surface area (Å²) in [5.41, 5.74) is 2.09. The van der Waals surface area contributed by atoms with Gasteiger partial charge in [-0.15, -0.1) is 0 Å². The maximum absolute atomic E-state index is 12.5. The van der Waals surface area contributed by atoms with Crippen LogP contribution >= 0.6 is 11.6 Å². The van der Waals surface area contributed by atoms with E-state index in [1.807, 2.05) is 12.1 Å². The van der Waals surface area contributed by atoms with E-state index in [0.717, 1.165) is 5.56 Å². The molecule has 0 atom stereocenters. The number of nitrogens with zero attached hydrogens (tertiary/aromatic N) is 1. The summed E-state index contributed by atoms with van der Waals surface area (Å²) in [6.07, 6.45) is 1.48. The summed E-state index contributed by atoms with van der Waals surface area (Å²) in [6, 6.07) is 14.5. The second kappa shape index (κ2) is 10.1. The number of hydrogen-bond donors (Lipinski definition) is 0. The molecule has 0 aliphatic carbocycles. The zero-order valence-electron chi connectivity index (χ0n) is 17.4. The van der Waals surface area contributed by atoms with Gasteiger partial charge in [0, 0.05) is 17.0 Å². The highest BCUT2D eigenvalue weighted by atomic mass is 35.5. The molecule has 31 heavy (non-hydrogen) atoms. The third-order valence-corrected chi connectivity index (χ3v) is 6.53. The number of sulfone groups is 1. The summed E-state index contributed by atoms with van der Waals surface area (Å²) in [5, 5.41) is 0.657. The van der Waals surface area contributed by atoms with Crippen molar-refractivity contribution in [2.24, 2.45) is 0 Å². The molecule has 0 saturated heterocycles. The first-order chi connectivity index (χ1) is 14.8. The number of ether oxygens (including phenoxy) is 1. The largest absolute Gasteiger partial charge is 0.497 e. The van der Waals surface area contributed by atoms with Gasteiger partial charge < -0.3 is 9.15 Å². The summed E-state index contributed by atoms with van der Waals surface area (Å²) in [4.78, 5) is 16.5. The number of carbonyl (C=O) groups excluding carboxylic acids is 1. The summed E-state index contributed by atoms with van der Waals surface area (Å²) >= 11 is 5.86. The van der Waals surface area contributed by atoms with Crippen LogP contribution in [0.15, 0.2) is 52.9 Å². The van der Waals surface area contributed by atoms with Crippen LogP contribution < -0.4 is 4.74 Å². The Balaban J connectivity index is 1.56. The smallest absolute Gasteiger partial charge is 0.226 e. The third kappa shape index (κ3) is 6.67. The molecular weight excluding hydrogens is 438 g/mol. The molecule has 2 aromatic carbocycles. The molecule has 0 amide bonds. The van der Waals surface area contributed by atoms with Crippen molar-refractivity contribution in [3.63, 3.8) is 0 Å². The monoisotopic (exact) mass is 461 g/mol. The maximum atomic E-state index is 12.5. The summed E-state index contributed by atoms with van der Waals surface area (Å²) in [6.45, 7) is 1.67. The normalized spacial score (nSPS) is 11.5. The lowest BCUT2D eigenvalue weighted by Gasteiger charge is -2.04. The van der Waals surface area contributed by atoms with Crippen molar-refractivity contribution in [3.8, 4) is 17.2 Å². The van der Waals surface area contributed by atoms with Crippen molar-refractivity contribution in [2.75, 3.05) is 12.9 Å². The lowest BCUT2D eigenvalue weighted by atomic mass is 10.1. The number of hydrogen-bond acceptors (Lipinski definition) is 6. The molecule has 3 rings (SSSR count). The van der Waals surface area contributed by atoms with E-state index in [9.17, 15) is 13.2 Å². The summed E-state index contributed by atoms with van der Waals surface area (Å²) < 4.78 is 35.8. The van der Waals surface area contributed by atoms with Gasteiger partial charge in [0.05, 0.1) is 18.6 Å². The SMILES string of the molecule is COc1ccc(-c2nc(CS(=O)(=O)CC(=O)CCCc3ccc(Cl)cc3)c(C)o2)cc1. The number of rotatable bonds is 10. The third-order valence-electron chi connectivity index (χ3n) is 4.80. The molecule has 0 aliphatic heterocycles. The quantitative estimate of drug-likeness (QED) is 0.430. The van der Waals surface area contributed by atoms with Gasteiger partial charge in [-0.25, -0.2) is 13.4 Å². The molecule has 6 nitrogen and oxygen atoms in total. The lowest BCUT2D eigenvalue weighted by molar-refractivity contribution is -0.116. The Morgan fingerprint density at radius 3 is 2.42 bits per heavy atom. The first kappa shape index (κ1) is 23.0. The van der Waals surface area contributed by atoms with E-state index in [4.69, 9.17) is 20.8 Å².